The van der Waals surface area contributed by atoms with E-state index in [1.165, 1.54) is 37.7 Å². The average molecular weight is 383 g/mol. The highest BCUT2D eigenvalue weighted by molar-refractivity contribution is 5.91. The van der Waals surface area contributed by atoms with Crippen LogP contribution in [-0.2, 0) is 0 Å². The van der Waals surface area contributed by atoms with Crippen molar-refractivity contribution in [1.82, 2.24) is 0 Å². The molecule has 0 unspecified atom stereocenters. The van der Waals surface area contributed by atoms with Crippen LogP contribution in [0.1, 0.15) is 94.1 Å². The maximum atomic E-state index is 12.2. The Morgan fingerprint density at radius 1 is 0.893 bits per heavy atom. The van der Waals surface area contributed by atoms with Gasteiger partial charge in [-0.05, 0) is 61.4 Å². The Hall–Kier alpha value is -2.09. The van der Waals surface area contributed by atoms with E-state index < -0.39 is 0 Å². The SMILES string of the molecule is CC.CCC.Cc1ccc(OC(=O)c2ccc(C3CCC(C)CC3)cc2)cc1. The molecule has 2 nitrogen and oxygen atoms in total. The number of benzene rings is 2. The first-order valence-electron chi connectivity index (χ1n) is 10.9. The van der Waals surface area contributed by atoms with Crippen LogP contribution in [0, 0.1) is 12.8 Å². The lowest BCUT2D eigenvalue weighted by Gasteiger charge is -2.26. The Labute approximate surface area is 172 Å². The van der Waals surface area contributed by atoms with Crippen molar-refractivity contribution in [2.45, 2.75) is 79.6 Å². The van der Waals surface area contributed by atoms with Gasteiger partial charge in [-0.3, -0.25) is 0 Å². The van der Waals surface area contributed by atoms with Gasteiger partial charge in [0.05, 0.1) is 5.56 Å². The Kier molecular flexibility index (Phi) is 11.2. The number of aryl methyl sites for hydroxylation is 1. The number of ether oxygens (including phenoxy) is 1. The molecular weight excluding hydrogens is 344 g/mol. The summed E-state index contributed by atoms with van der Waals surface area (Å²) in [6.07, 6.45) is 6.38. The molecule has 0 spiro atoms. The predicted octanol–water partition coefficient (Wildman–Crippen LogP) is 7.95. The van der Waals surface area contributed by atoms with Gasteiger partial charge in [-0.2, -0.15) is 0 Å². The monoisotopic (exact) mass is 382 g/mol. The third-order valence-electron chi connectivity index (χ3n) is 4.87. The molecule has 1 aliphatic rings. The average Bonchev–Trinajstić information content (AvgIpc) is 2.72. The van der Waals surface area contributed by atoms with Gasteiger partial charge in [0, 0.05) is 0 Å². The molecule has 3 rings (SSSR count). The van der Waals surface area contributed by atoms with E-state index in [9.17, 15) is 4.79 Å². The van der Waals surface area contributed by atoms with Crippen LogP contribution in [0.15, 0.2) is 48.5 Å². The number of hydrogen-bond donors (Lipinski definition) is 0. The van der Waals surface area contributed by atoms with Crippen LogP contribution in [0.25, 0.3) is 0 Å². The number of rotatable bonds is 3. The molecule has 0 atom stereocenters. The van der Waals surface area contributed by atoms with Crippen molar-refractivity contribution in [2.24, 2.45) is 5.92 Å². The third-order valence-corrected chi connectivity index (χ3v) is 4.87. The van der Waals surface area contributed by atoms with Crippen LogP contribution in [0.3, 0.4) is 0 Å². The molecule has 2 heteroatoms. The number of esters is 1. The van der Waals surface area contributed by atoms with Crippen LogP contribution < -0.4 is 4.74 Å². The van der Waals surface area contributed by atoms with Crippen molar-refractivity contribution < 1.29 is 9.53 Å². The van der Waals surface area contributed by atoms with E-state index in [0.29, 0.717) is 17.2 Å². The summed E-state index contributed by atoms with van der Waals surface area (Å²) in [6, 6.07) is 15.5. The largest absolute Gasteiger partial charge is 0.423 e. The Bertz CT molecular complexity index is 663. The van der Waals surface area contributed by atoms with E-state index in [2.05, 4.69) is 32.9 Å². The van der Waals surface area contributed by atoms with Gasteiger partial charge in [-0.1, -0.05) is 83.7 Å². The van der Waals surface area contributed by atoms with Crippen LogP contribution in [0.4, 0.5) is 0 Å². The first-order valence-corrected chi connectivity index (χ1v) is 10.9. The topological polar surface area (TPSA) is 26.3 Å². The van der Waals surface area contributed by atoms with E-state index >= 15 is 0 Å². The highest BCUT2D eigenvalue weighted by Gasteiger charge is 2.20. The highest BCUT2D eigenvalue weighted by atomic mass is 16.5. The smallest absolute Gasteiger partial charge is 0.343 e. The first kappa shape index (κ1) is 23.9. The fraction of sp³-hybridized carbons (Fsp3) is 0.500. The first-order chi connectivity index (χ1) is 13.5. The molecule has 0 aliphatic heterocycles. The highest BCUT2D eigenvalue weighted by Crippen LogP contribution is 2.35. The van der Waals surface area contributed by atoms with Gasteiger partial charge in [0.1, 0.15) is 5.75 Å². The van der Waals surface area contributed by atoms with Gasteiger partial charge in [-0.15, -0.1) is 0 Å². The van der Waals surface area contributed by atoms with Crippen LogP contribution in [0.2, 0.25) is 0 Å². The molecule has 2 aromatic rings. The molecule has 0 aromatic heterocycles. The molecule has 0 bridgehead atoms. The molecular formula is C26H38O2. The normalized spacial score (nSPS) is 18.1. The molecule has 1 aliphatic carbocycles. The van der Waals surface area contributed by atoms with Crippen molar-refractivity contribution in [1.29, 1.82) is 0 Å². The summed E-state index contributed by atoms with van der Waals surface area (Å²) in [4.78, 5) is 12.2. The van der Waals surface area contributed by atoms with Crippen molar-refractivity contribution in [3.05, 3.63) is 65.2 Å². The van der Waals surface area contributed by atoms with E-state index in [-0.39, 0.29) is 5.97 Å². The summed E-state index contributed by atoms with van der Waals surface area (Å²) in [6.45, 7) is 12.6. The van der Waals surface area contributed by atoms with E-state index in [0.717, 1.165) is 11.5 Å². The van der Waals surface area contributed by atoms with Crippen molar-refractivity contribution in [2.75, 3.05) is 0 Å². The molecule has 0 radical (unpaired) electrons. The second kappa shape index (κ2) is 13.1. The van der Waals surface area contributed by atoms with Crippen molar-refractivity contribution >= 4 is 5.97 Å². The summed E-state index contributed by atoms with van der Waals surface area (Å²) >= 11 is 0. The molecule has 1 fully saturated rings. The summed E-state index contributed by atoms with van der Waals surface area (Å²) in [5, 5.41) is 0. The molecule has 1 saturated carbocycles. The zero-order valence-electron chi connectivity index (χ0n) is 18.6. The van der Waals surface area contributed by atoms with E-state index in [4.69, 9.17) is 4.74 Å². The third kappa shape index (κ3) is 7.88. The molecule has 0 N–H and O–H groups in total. The summed E-state index contributed by atoms with van der Waals surface area (Å²) in [5.41, 5.74) is 3.11. The van der Waals surface area contributed by atoms with Gasteiger partial charge >= 0.3 is 5.97 Å². The summed E-state index contributed by atoms with van der Waals surface area (Å²) in [5.74, 6) is 1.80. The molecule has 0 heterocycles. The zero-order chi connectivity index (χ0) is 20.9. The second-order valence-electron chi connectivity index (χ2n) is 7.49. The Morgan fingerprint density at radius 3 is 1.89 bits per heavy atom. The minimum atomic E-state index is -0.294. The lowest BCUT2D eigenvalue weighted by Crippen LogP contribution is -2.12. The maximum Gasteiger partial charge on any atom is 0.343 e. The van der Waals surface area contributed by atoms with E-state index in [1.54, 1.807) is 0 Å². The van der Waals surface area contributed by atoms with Crippen LogP contribution >= 0.6 is 0 Å². The second-order valence-corrected chi connectivity index (χ2v) is 7.49. The molecule has 0 saturated heterocycles. The van der Waals surface area contributed by atoms with Gasteiger partial charge < -0.3 is 4.74 Å². The van der Waals surface area contributed by atoms with Gasteiger partial charge in [0.2, 0.25) is 0 Å². The van der Waals surface area contributed by atoms with E-state index in [1.807, 2.05) is 57.2 Å². The molecule has 2 aromatic carbocycles. The maximum absolute atomic E-state index is 12.2. The van der Waals surface area contributed by atoms with Crippen molar-refractivity contribution in [3.8, 4) is 5.75 Å². The standard InChI is InChI=1S/C21H24O2.C3H8.C2H6/c1-15-3-7-17(8-4-15)18-9-11-19(12-10-18)21(22)23-20-13-5-16(2)6-14-20;1-3-2;1-2/h5-6,9-15,17H,3-4,7-8H2,1-2H3;3H2,1-2H3;1-2H3. The molecule has 0 amide bonds. The van der Waals surface area contributed by atoms with Crippen LogP contribution in [0.5, 0.6) is 5.75 Å². The Balaban J connectivity index is 0.000000717. The summed E-state index contributed by atoms with van der Waals surface area (Å²) in [7, 11) is 0. The van der Waals surface area contributed by atoms with Crippen molar-refractivity contribution in [3.63, 3.8) is 0 Å². The molecule has 154 valence electrons. The lowest BCUT2D eigenvalue weighted by molar-refractivity contribution is 0.0734. The quantitative estimate of drug-likeness (QED) is 0.397. The number of carbonyl (C=O) groups is 1. The fourth-order valence-electron chi connectivity index (χ4n) is 3.26. The number of hydrogen-bond acceptors (Lipinski definition) is 2. The minimum Gasteiger partial charge on any atom is -0.423 e. The van der Waals surface area contributed by atoms with Gasteiger partial charge in [0.15, 0.2) is 0 Å². The zero-order valence-corrected chi connectivity index (χ0v) is 18.6. The summed E-state index contributed by atoms with van der Waals surface area (Å²) < 4.78 is 5.42. The minimum absolute atomic E-state index is 0.294. The van der Waals surface area contributed by atoms with Gasteiger partial charge in [-0.25, -0.2) is 4.79 Å². The predicted molar refractivity (Wildman–Crippen MR) is 120 cm³/mol. The Morgan fingerprint density at radius 2 is 1.39 bits per heavy atom. The lowest BCUT2D eigenvalue weighted by atomic mass is 9.79. The number of carbonyl (C=O) groups excluding carboxylic acids is 1. The fourth-order valence-corrected chi connectivity index (χ4v) is 3.26. The molecule has 28 heavy (non-hydrogen) atoms. The van der Waals surface area contributed by atoms with Crippen LogP contribution in [-0.4, -0.2) is 5.97 Å². The van der Waals surface area contributed by atoms with Gasteiger partial charge in [0.25, 0.3) is 0 Å².